The number of amides is 1. The van der Waals surface area contributed by atoms with Crippen molar-refractivity contribution in [1.82, 2.24) is 9.80 Å². The molecule has 1 aliphatic rings. The van der Waals surface area contributed by atoms with E-state index in [4.69, 9.17) is 11.6 Å². The Balaban J connectivity index is 2.33. The van der Waals surface area contributed by atoms with E-state index in [1.54, 1.807) is 25.9 Å². The minimum absolute atomic E-state index is 0.109. The van der Waals surface area contributed by atoms with Gasteiger partial charge in [-0.25, -0.2) is 4.39 Å². The molecule has 1 amide bonds. The van der Waals surface area contributed by atoms with Crippen LogP contribution in [0.2, 0.25) is 5.02 Å². The normalized spacial score (nSPS) is 22.4. The van der Waals surface area contributed by atoms with Crippen LogP contribution in [0.5, 0.6) is 0 Å². The predicted octanol–water partition coefficient (Wildman–Crippen LogP) is 2.41. The third-order valence-electron chi connectivity index (χ3n) is 4.32. The summed E-state index contributed by atoms with van der Waals surface area (Å²) in [7, 11) is 3.33. The van der Waals surface area contributed by atoms with Crippen LogP contribution in [0.25, 0.3) is 0 Å². The molecule has 1 fully saturated rings. The number of hydrogen-bond acceptors (Lipinski definition) is 3. The van der Waals surface area contributed by atoms with Gasteiger partial charge in [0.25, 0.3) is 0 Å². The lowest BCUT2D eigenvalue weighted by Crippen LogP contribution is -2.41. The first-order chi connectivity index (χ1) is 10.7. The highest BCUT2D eigenvalue weighted by Crippen LogP contribution is 2.35. The molecule has 0 saturated carbocycles. The van der Waals surface area contributed by atoms with E-state index in [9.17, 15) is 19.1 Å². The van der Waals surface area contributed by atoms with Gasteiger partial charge in [-0.2, -0.15) is 0 Å². The Morgan fingerprint density at radius 3 is 2.57 bits per heavy atom. The number of carbonyl (C=O) groups excluding carboxylic acids is 1. The largest absolute Gasteiger partial charge is 0.481 e. The fourth-order valence-electron chi connectivity index (χ4n) is 2.87. The van der Waals surface area contributed by atoms with Crippen molar-refractivity contribution >= 4 is 23.5 Å². The lowest BCUT2D eigenvalue weighted by Gasteiger charge is -2.30. The van der Waals surface area contributed by atoms with Gasteiger partial charge in [0.05, 0.1) is 5.41 Å². The molecule has 5 nitrogen and oxygen atoms in total. The van der Waals surface area contributed by atoms with Crippen molar-refractivity contribution in [3.05, 3.63) is 34.6 Å². The van der Waals surface area contributed by atoms with Gasteiger partial charge in [-0.3, -0.25) is 14.5 Å². The number of carboxylic acid groups (broad SMARTS) is 1. The molecule has 0 bridgehead atoms. The van der Waals surface area contributed by atoms with Crippen LogP contribution in [0.3, 0.4) is 0 Å². The average molecular weight is 343 g/mol. The van der Waals surface area contributed by atoms with Crippen molar-refractivity contribution < 1.29 is 19.1 Å². The summed E-state index contributed by atoms with van der Waals surface area (Å²) in [6.07, 6.45) is 0.374. The van der Waals surface area contributed by atoms with Gasteiger partial charge >= 0.3 is 5.97 Å². The summed E-state index contributed by atoms with van der Waals surface area (Å²) in [5.41, 5.74) is -0.848. The molecule has 1 saturated heterocycles. The molecule has 0 spiro atoms. The molecule has 2 unspecified atom stereocenters. The second kappa shape index (κ2) is 6.45. The predicted molar refractivity (Wildman–Crippen MR) is 84.8 cm³/mol. The minimum Gasteiger partial charge on any atom is -0.481 e. The number of likely N-dealkylation sites (N-methyl/N-ethyl adjacent to an activating group) is 1. The maximum absolute atomic E-state index is 14.2. The van der Waals surface area contributed by atoms with Crippen LogP contribution in [0, 0.1) is 11.2 Å². The Morgan fingerprint density at radius 2 is 2.09 bits per heavy atom. The molecular formula is C16H20ClFN2O3. The van der Waals surface area contributed by atoms with Crippen molar-refractivity contribution in [3.8, 4) is 0 Å². The zero-order valence-corrected chi connectivity index (χ0v) is 14.1. The van der Waals surface area contributed by atoms with E-state index in [1.807, 2.05) is 0 Å². The van der Waals surface area contributed by atoms with Crippen LogP contribution in [0.4, 0.5) is 4.39 Å². The molecule has 7 heteroatoms. The highest BCUT2D eigenvalue weighted by molar-refractivity contribution is 6.31. The summed E-state index contributed by atoms with van der Waals surface area (Å²) in [6, 6.07) is 3.39. The smallest absolute Gasteiger partial charge is 0.311 e. The number of halogens is 2. The zero-order valence-electron chi connectivity index (χ0n) is 13.3. The van der Waals surface area contributed by atoms with Crippen molar-refractivity contribution in [3.63, 3.8) is 0 Å². The van der Waals surface area contributed by atoms with Gasteiger partial charge < -0.3 is 10.0 Å². The van der Waals surface area contributed by atoms with E-state index in [0.29, 0.717) is 13.0 Å². The van der Waals surface area contributed by atoms with Crippen LogP contribution in [-0.4, -0.2) is 54.0 Å². The molecule has 1 aromatic carbocycles. The molecule has 0 aromatic heterocycles. The van der Waals surface area contributed by atoms with Crippen molar-refractivity contribution in [2.75, 3.05) is 27.2 Å². The lowest BCUT2D eigenvalue weighted by atomic mass is 9.90. The molecule has 1 heterocycles. The van der Waals surface area contributed by atoms with Gasteiger partial charge in [-0.05, 0) is 39.6 Å². The minimum atomic E-state index is -0.967. The molecule has 1 aliphatic heterocycles. The maximum Gasteiger partial charge on any atom is 0.311 e. The molecule has 126 valence electrons. The van der Waals surface area contributed by atoms with Gasteiger partial charge in [0, 0.05) is 23.7 Å². The quantitative estimate of drug-likeness (QED) is 0.912. The number of carbonyl (C=O) groups is 2. The van der Waals surface area contributed by atoms with Crippen LogP contribution in [-0.2, 0) is 9.59 Å². The van der Waals surface area contributed by atoms with Crippen LogP contribution < -0.4 is 0 Å². The third-order valence-corrected chi connectivity index (χ3v) is 4.65. The number of likely N-dealkylation sites (tertiary alicyclic amines) is 1. The van der Waals surface area contributed by atoms with Crippen LogP contribution in [0.1, 0.15) is 24.9 Å². The summed E-state index contributed by atoms with van der Waals surface area (Å²) in [5.74, 6) is -1.82. The Kier molecular flexibility index (Phi) is 4.96. The lowest BCUT2D eigenvalue weighted by molar-refractivity contribution is -0.147. The number of hydrogen-bond donors (Lipinski definition) is 1. The first-order valence-corrected chi connectivity index (χ1v) is 7.67. The number of benzene rings is 1. The molecular weight excluding hydrogens is 323 g/mol. The molecule has 0 aliphatic carbocycles. The summed E-state index contributed by atoms with van der Waals surface area (Å²) < 4.78 is 14.2. The third kappa shape index (κ3) is 3.33. The zero-order chi connectivity index (χ0) is 17.4. The summed E-state index contributed by atoms with van der Waals surface area (Å²) in [6.45, 7) is 2.05. The maximum atomic E-state index is 14.2. The summed E-state index contributed by atoms with van der Waals surface area (Å²) in [5, 5.41) is 9.47. The van der Waals surface area contributed by atoms with Crippen LogP contribution >= 0.6 is 11.6 Å². The second-order valence-electron chi connectivity index (χ2n) is 6.38. The van der Waals surface area contributed by atoms with E-state index in [2.05, 4.69) is 0 Å². The average Bonchev–Trinajstić information content (AvgIpc) is 2.86. The Labute approximate surface area is 139 Å². The van der Waals surface area contributed by atoms with Crippen LogP contribution in [0.15, 0.2) is 18.2 Å². The van der Waals surface area contributed by atoms with Crippen molar-refractivity contribution in [1.29, 1.82) is 0 Å². The number of aliphatic carboxylic acids is 1. The molecule has 1 aromatic rings. The number of rotatable bonds is 4. The van der Waals surface area contributed by atoms with E-state index in [1.165, 1.54) is 23.1 Å². The first-order valence-electron chi connectivity index (χ1n) is 7.30. The molecule has 1 N–H and O–H groups in total. The topological polar surface area (TPSA) is 60.9 Å². The van der Waals surface area contributed by atoms with Gasteiger partial charge in [0.1, 0.15) is 11.9 Å². The Hall–Kier alpha value is -1.66. The van der Waals surface area contributed by atoms with Gasteiger partial charge in [-0.1, -0.05) is 17.7 Å². The standard InChI is InChI=1S/C16H20ClFN2O3/c1-16(15(22)23)7-8-20(9-16)14(21)13(19(2)3)12-10(17)5-4-6-11(12)18/h4-6,13H,7-9H2,1-3H3,(H,22,23). The summed E-state index contributed by atoms with van der Waals surface area (Å²) in [4.78, 5) is 27.3. The SMILES string of the molecule is CN(C)C(C(=O)N1CCC(C)(C(=O)O)C1)c1c(F)cccc1Cl. The first kappa shape index (κ1) is 17.7. The Morgan fingerprint density at radius 1 is 1.43 bits per heavy atom. The van der Waals surface area contributed by atoms with Gasteiger partial charge in [-0.15, -0.1) is 0 Å². The van der Waals surface area contributed by atoms with Gasteiger partial charge in [0.15, 0.2) is 0 Å². The van der Waals surface area contributed by atoms with Gasteiger partial charge in [0.2, 0.25) is 5.91 Å². The fourth-order valence-corrected chi connectivity index (χ4v) is 3.14. The van der Waals surface area contributed by atoms with E-state index >= 15 is 0 Å². The van der Waals surface area contributed by atoms with E-state index in [-0.39, 0.29) is 23.0 Å². The highest BCUT2D eigenvalue weighted by atomic mass is 35.5. The number of nitrogens with zero attached hydrogens (tertiary/aromatic N) is 2. The second-order valence-corrected chi connectivity index (χ2v) is 6.78. The fraction of sp³-hybridized carbons (Fsp3) is 0.500. The Bertz CT molecular complexity index is 618. The molecule has 2 atom stereocenters. The molecule has 2 rings (SSSR count). The van der Waals surface area contributed by atoms with Crippen molar-refractivity contribution in [2.45, 2.75) is 19.4 Å². The van der Waals surface area contributed by atoms with E-state index < -0.39 is 23.2 Å². The van der Waals surface area contributed by atoms with E-state index in [0.717, 1.165) is 0 Å². The monoisotopic (exact) mass is 342 g/mol. The van der Waals surface area contributed by atoms with Crippen molar-refractivity contribution in [2.24, 2.45) is 5.41 Å². The summed E-state index contributed by atoms with van der Waals surface area (Å²) >= 11 is 6.09. The molecule has 23 heavy (non-hydrogen) atoms. The molecule has 0 radical (unpaired) electrons. The number of carboxylic acids is 1. The highest BCUT2D eigenvalue weighted by Gasteiger charge is 2.44.